The van der Waals surface area contributed by atoms with Crippen LogP contribution in [0.15, 0.2) is 72.1 Å². The summed E-state index contributed by atoms with van der Waals surface area (Å²) in [5, 5.41) is 10.5. The maximum absolute atomic E-state index is 13.2. The van der Waals surface area contributed by atoms with Gasteiger partial charge in [-0.1, -0.05) is 58.2 Å². The van der Waals surface area contributed by atoms with E-state index in [9.17, 15) is 9.59 Å². The fourth-order valence-electron chi connectivity index (χ4n) is 4.48. The van der Waals surface area contributed by atoms with Crippen LogP contribution < -0.4 is 15.4 Å². The summed E-state index contributed by atoms with van der Waals surface area (Å²) in [6.07, 6.45) is 6.45. The zero-order valence-corrected chi connectivity index (χ0v) is 23.2. The van der Waals surface area contributed by atoms with Crippen molar-refractivity contribution in [3.05, 3.63) is 77.6 Å². The topological polar surface area (TPSA) is 94.5 Å². The van der Waals surface area contributed by atoms with Gasteiger partial charge in [-0.3, -0.25) is 0 Å². The van der Waals surface area contributed by atoms with E-state index in [1.807, 2.05) is 74.6 Å². The summed E-state index contributed by atoms with van der Waals surface area (Å²) in [5.41, 5.74) is 3.87. The van der Waals surface area contributed by atoms with Crippen LogP contribution in [0.2, 0.25) is 0 Å². The van der Waals surface area contributed by atoms with Gasteiger partial charge in [0.25, 0.3) is 0 Å². The first kappa shape index (κ1) is 28.0. The number of allylic oxidation sites excluding steroid dienone is 1. The number of urea groups is 1. The maximum Gasteiger partial charge on any atom is 0.338 e. The standard InChI is InChI=1S/C31H38N4O4/c1-5-6-7-11-18-38-25-16-14-23(15-17-25)28-26(19-35(34-28)24-12-9-8-10-13-24)29-27(22(4)32-31(37)33-29)30(36)39-20-21(2)3/h8-10,12-17,19,21,29H,5-7,11,18,20H2,1-4H3,(H2,32,33,37)/t29-/m1/s1. The average Bonchev–Trinajstić information content (AvgIpc) is 3.37. The molecule has 1 aliphatic heterocycles. The molecule has 0 fully saturated rings. The van der Waals surface area contributed by atoms with Crippen LogP contribution in [0.5, 0.6) is 5.75 Å². The van der Waals surface area contributed by atoms with Gasteiger partial charge in [-0.15, -0.1) is 0 Å². The molecule has 1 atom stereocenters. The van der Waals surface area contributed by atoms with Gasteiger partial charge < -0.3 is 20.1 Å². The Morgan fingerprint density at radius 1 is 1.05 bits per heavy atom. The fourth-order valence-corrected chi connectivity index (χ4v) is 4.48. The monoisotopic (exact) mass is 530 g/mol. The van der Waals surface area contributed by atoms with E-state index in [0.717, 1.165) is 29.8 Å². The van der Waals surface area contributed by atoms with Gasteiger partial charge in [-0.25, -0.2) is 14.3 Å². The van der Waals surface area contributed by atoms with E-state index in [0.29, 0.717) is 29.1 Å². The molecule has 8 heteroatoms. The first-order valence-corrected chi connectivity index (χ1v) is 13.7. The van der Waals surface area contributed by atoms with Crippen LogP contribution in [-0.2, 0) is 9.53 Å². The number of aromatic nitrogens is 2. The number of esters is 1. The molecule has 0 saturated heterocycles. The molecular weight excluding hydrogens is 492 g/mol. The highest BCUT2D eigenvalue weighted by Crippen LogP contribution is 2.35. The SMILES string of the molecule is CCCCCCOc1ccc(-c2nn(-c3ccccc3)cc2[C@H]2NC(=O)NC(C)=C2C(=O)OCC(C)C)cc1. The highest BCUT2D eigenvalue weighted by molar-refractivity contribution is 5.95. The van der Waals surface area contributed by atoms with E-state index in [1.54, 1.807) is 11.6 Å². The average molecular weight is 531 g/mol. The van der Waals surface area contributed by atoms with Crippen molar-refractivity contribution in [1.82, 2.24) is 20.4 Å². The van der Waals surface area contributed by atoms with E-state index >= 15 is 0 Å². The van der Waals surface area contributed by atoms with Gasteiger partial charge in [-0.2, -0.15) is 5.10 Å². The summed E-state index contributed by atoms with van der Waals surface area (Å²) in [6.45, 7) is 8.83. The van der Waals surface area contributed by atoms with Crippen LogP contribution in [-0.4, -0.2) is 35.0 Å². The molecule has 1 aliphatic rings. The Labute approximate surface area is 230 Å². The normalized spacial score (nSPS) is 15.2. The van der Waals surface area contributed by atoms with Crippen molar-refractivity contribution < 1.29 is 19.1 Å². The van der Waals surface area contributed by atoms with E-state index < -0.39 is 12.0 Å². The smallest absolute Gasteiger partial charge is 0.338 e. The number of para-hydroxylation sites is 1. The molecule has 0 radical (unpaired) electrons. The summed E-state index contributed by atoms with van der Waals surface area (Å²) >= 11 is 0. The highest BCUT2D eigenvalue weighted by Gasteiger charge is 2.35. The number of amides is 2. The number of carbonyl (C=O) groups excluding carboxylic acids is 2. The van der Waals surface area contributed by atoms with Crippen molar-refractivity contribution in [3.8, 4) is 22.7 Å². The fraction of sp³-hybridized carbons (Fsp3) is 0.387. The minimum Gasteiger partial charge on any atom is -0.494 e. The van der Waals surface area contributed by atoms with Crippen molar-refractivity contribution in [2.24, 2.45) is 5.92 Å². The molecule has 4 rings (SSSR count). The number of nitrogens with zero attached hydrogens (tertiary/aromatic N) is 2. The molecule has 0 unspecified atom stereocenters. The Hall–Kier alpha value is -4.07. The van der Waals surface area contributed by atoms with Gasteiger partial charge in [0, 0.05) is 23.0 Å². The van der Waals surface area contributed by atoms with Crippen molar-refractivity contribution in [2.75, 3.05) is 13.2 Å². The Balaban J connectivity index is 1.70. The number of hydrogen-bond donors (Lipinski definition) is 2. The lowest BCUT2D eigenvalue weighted by Gasteiger charge is -2.28. The van der Waals surface area contributed by atoms with Crippen LogP contribution in [0.3, 0.4) is 0 Å². The quantitative estimate of drug-likeness (QED) is 0.211. The minimum absolute atomic E-state index is 0.184. The Morgan fingerprint density at radius 3 is 2.49 bits per heavy atom. The molecule has 3 aromatic rings. The molecular formula is C31H38N4O4. The van der Waals surface area contributed by atoms with Crippen LogP contribution in [0.1, 0.15) is 65.0 Å². The van der Waals surface area contributed by atoms with Crippen LogP contribution >= 0.6 is 0 Å². The third-order valence-corrected chi connectivity index (χ3v) is 6.51. The van der Waals surface area contributed by atoms with Gasteiger partial charge in [0.2, 0.25) is 0 Å². The van der Waals surface area contributed by atoms with Gasteiger partial charge in [0.05, 0.1) is 36.2 Å². The van der Waals surface area contributed by atoms with Gasteiger partial charge in [0.1, 0.15) is 5.75 Å². The summed E-state index contributed by atoms with van der Waals surface area (Å²) in [7, 11) is 0. The number of benzene rings is 2. The number of ether oxygens (including phenoxy) is 2. The number of carbonyl (C=O) groups is 2. The molecule has 0 aliphatic carbocycles. The Bertz CT molecular complexity index is 1300. The molecule has 0 saturated carbocycles. The van der Waals surface area contributed by atoms with Crippen molar-refractivity contribution >= 4 is 12.0 Å². The van der Waals surface area contributed by atoms with Gasteiger partial charge >= 0.3 is 12.0 Å². The first-order valence-electron chi connectivity index (χ1n) is 13.7. The zero-order chi connectivity index (χ0) is 27.8. The number of nitrogens with one attached hydrogen (secondary N) is 2. The summed E-state index contributed by atoms with van der Waals surface area (Å²) in [6, 6.07) is 16.4. The largest absolute Gasteiger partial charge is 0.494 e. The number of rotatable bonds is 12. The summed E-state index contributed by atoms with van der Waals surface area (Å²) < 4.78 is 13.3. The minimum atomic E-state index is -0.736. The van der Waals surface area contributed by atoms with Crippen molar-refractivity contribution in [1.29, 1.82) is 0 Å². The van der Waals surface area contributed by atoms with Gasteiger partial charge in [0.15, 0.2) is 0 Å². The van der Waals surface area contributed by atoms with Crippen molar-refractivity contribution in [3.63, 3.8) is 0 Å². The maximum atomic E-state index is 13.2. The molecule has 39 heavy (non-hydrogen) atoms. The number of unbranched alkanes of at least 4 members (excludes halogenated alkanes) is 3. The van der Waals surface area contributed by atoms with E-state index in [-0.39, 0.29) is 18.6 Å². The second-order valence-electron chi connectivity index (χ2n) is 10.2. The Kier molecular flexibility index (Phi) is 9.41. The van der Waals surface area contributed by atoms with E-state index in [1.165, 1.54) is 12.8 Å². The second-order valence-corrected chi connectivity index (χ2v) is 10.2. The van der Waals surface area contributed by atoms with Crippen LogP contribution in [0.25, 0.3) is 16.9 Å². The van der Waals surface area contributed by atoms with Crippen molar-refractivity contribution in [2.45, 2.75) is 59.4 Å². The lowest BCUT2D eigenvalue weighted by molar-refractivity contribution is -0.140. The third-order valence-electron chi connectivity index (χ3n) is 6.51. The molecule has 8 nitrogen and oxygen atoms in total. The lowest BCUT2D eigenvalue weighted by atomic mass is 9.93. The molecule has 0 bridgehead atoms. The molecule has 2 heterocycles. The molecule has 2 amide bonds. The predicted octanol–water partition coefficient (Wildman–Crippen LogP) is 6.33. The highest BCUT2D eigenvalue weighted by atomic mass is 16.5. The lowest BCUT2D eigenvalue weighted by Crippen LogP contribution is -2.45. The predicted molar refractivity (Wildman–Crippen MR) is 152 cm³/mol. The molecule has 2 N–H and O–H groups in total. The molecule has 0 spiro atoms. The van der Waals surface area contributed by atoms with E-state index in [2.05, 4.69) is 17.6 Å². The molecule has 206 valence electrons. The first-order chi connectivity index (χ1) is 18.9. The Morgan fingerprint density at radius 2 is 1.79 bits per heavy atom. The second kappa shape index (κ2) is 13.1. The zero-order valence-electron chi connectivity index (χ0n) is 23.2. The van der Waals surface area contributed by atoms with Crippen LogP contribution in [0.4, 0.5) is 4.79 Å². The molecule has 1 aromatic heterocycles. The molecule has 2 aromatic carbocycles. The van der Waals surface area contributed by atoms with Crippen LogP contribution in [0, 0.1) is 5.92 Å². The summed E-state index contributed by atoms with van der Waals surface area (Å²) in [4.78, 5) is 25.8. The van der Waals surface area contributed by atoms with E-state index in [4.69, 9.17) is 14.6 Å². The number of hydrogen-bond acceptors (Lipinski definition) is 5. The van der Waals surface area contributed by atoms with Gasteiger partial charge in [-0.05, 0) is 55.7 Å². The summed E-state index contributed by atoms with van der Waals surface area (Å²) in [5.74, 6) is 0.510. The third kappa shape index (κ3) is 7.07.